The molecule has 1 heterocycles. The van der Waals surface area contributed by atoms with Gasteiger partial charge >= 0.3 is 0 Å². The second-order valence-electron chi connectivity index (χ2n) is 4.23. The molecule has 0 saturated carbocycles. The van der Waals surface area contributed by atoms with E-state index in [1.54, 1.807) is 0 Å². The molecule has 1 aromatic carbocycles. The minimum absolute atomic E-state index is 0.385. The fourth-order valence-electron chi connectivity index (χ4n) is 1.71. The van der Waals surface area contributed by atoms with Crippen molar-refractivity contribution in [1.82, 2.24) is 10.3 Å². The SMILES string of the molecule is Cc1ccc([C@@H](C)NCc2cc[nH]c2)cc1. The first kappa shape index (κ1) is 11.0. The third-order valence-electron chi connectivity index (χ3n) is 2.85. The lowest BCUT2D eigenvalue weighted by Crippen LogP contribution is -2.17. The standard InChI is InChI=1S/C14H18N2/c1-11-3-5-14(6-4-11)12(2)16-10-13-7-8-15-9-13/h3-9,12,15-16H,10H2,1-2H3/t12-/m1/s1. The average Bonchev–Trinajstić information content (AvgIpc) is 2.80. The molecule has 2 heteroatoms. The van der Waals surface area contributed by atoms with E-state index in [1.165, 1.54) is 16.7 Å². The maximum atomic E-state index is 3.50. The molecule has 1 atom stereocenters. The first-order valence-corrected chi connectivity index (χ1v) is 5.67. The summed E-state index contributed by atoms with van der Waals surface area (Å²) in [7, 11) is 0. The summed E-state index contributed by atoms with van der Waals surface area (Å²) < 4.78 is 0. The van der Waals surface area contributed by atoms with E-state index in [1.807, 2.05) is 12.4 Å². The molecule has 0 amide bonds. The highest BCUT2D eigenvalue weighted by Crippen LogP contribution is 2.13. The van der Waals surface area contributed by atoms with Gasteiger partial charge in [0.05, 0.1) is 0 Å². The summed E-state index contributed by atoms with van der Waals surface area (Å²) in [6.45, 7) is 5.21. The highest BCUT2D eigenvalue weighted by Gasteiger charge is 2.04. The largest absolute Gasteiger partial charge is 0.367 e. The molecule has 2 N–H and O–H groups in total. The molecule has 84 valence electrons. The molecule has 2 aromatic rings. The third-order valence-corrected chi connectivity index (χ3v) is 2.85. The van der Waals surface area contributed by atoms with Gasteiger partial charge in [0, 0.05) is 25.0 Å². The van der Waals surface area contributed by atoms with E-state index < -0.39 is 0 Å². The van der Waals surface area contributed by atoms with Crippen LogP contribution < -0.4 is 5.32 Å². The first-order valence-electron chi connectivity index (χ1n) is 5.67. The predicted molar refractivity (Wildman–Crippen MR) is 67.2 cm³/mol. The van der Waals surface area contributed by atoms with Crippen molar-refractivity contribution >= 4 is 0 Å². The van der Waals surface area contributed by atoms with Crippen LogP contribution in [-0.2, 0) is 6.54 Å². The molecule has 2 nitrogen and oxygen atoms in total. The van der Waals surface area contributed by atoms with Crippen LogP contribution in [0, 0.1) is 6.92 Å². The molecule has 0 spiro atoms. The van der Waals surface area contributed by atoms with Crippen molar-refractivity contribution in [2.75, 3.05) is 0 Å². The van der Waals surface area contributed by atoms with Crippen molar-refractivity contribution in [1.29, 1.82) is 0 Å². The fraction of sp³-hybridized carbons (Fsp3) is 0.286. The Morgan fingerprint density at radius 2 is 1.94 bits per heavy atom. The van der Waals surface area contributed by atoms with Crippen LogP contribution >= 0.6 is 0 Å². The Hall–Kier alpha value is -1.54. The van der Waals surface area contributed by atoms with E-state index in [4.69, 9.17) is 0 Å². The van der Waals surface area contributed by atoms with Crippen LogP contribution in [0.2, 0.25) is 0 Å². The molecule has 1 aromatic heterocycles. The number of aromatic nitrogens is 1. The Morgan fingerprint density at radius 1 is 1.19 bits per heavy atom. The maximum absolute atomic E-state index is 3.50. The summed E-state index contributed by atoms with van der Waals surface area (Å²) in [5.41, 5.74) is 3.93. The van der Waals surface area contributed by atoms with Crippen molar-refractivity contribution in [2.24, 2.45) is 0 Å². The van der Waals surface area contributed by atoms with Gasteiger partial charge in [-0.25, -0.2) is 0 Å². The lowest BCUT2D eigenvalue weighted by molar-refractivity contribution is 0.575. The molecule has 0 unspecified atom stereocenters. The van der Waals surface area contributed by atoms with Crippen LogP contribution in [0.15, 0.2) is 42.7 Å². The summed E-state index contributed by atoms with van der Waals surface area (Å²) in [6.07, 6.45) is 3.97. The van der Waals surface area contributed by atoms with Gasteiger partial charge in [0.2, 0.25) is 0 Å². The van der Waals surface area contributed by atoms with Crippen LogP contribution in [0.25, 0.3) is 0 Å². The van der Waals surface area contributed by atoms with Crippen LogP contribution in [0.4, 0.5) is 0 Å². The van der Waals surface area contributed by atoms with Gasteiger partial charge in [0.1, 0.15) is 0 Å². The molecule has 0 aliphatic carbocycles. The van der Waals surface area contributed by atoms with E-state index in [0.717, 1.165) is 6.54 Å². The zero-order valence-corrected chi connectivity index (χ0v) is 9.83. The van der Waals surface area contributed by atoms with Crippen molar-refractivity contribution in [3.05, 3.63) is 59.4 Å². The van der Waals surface area contributed by atoms with E-state index in [9.17, 15) is 0 Å². The van der Waals surface area contributed by atoms with Crippen molar-refractivity contribution in [3.63, 3.8) is 0 Å². The van der Waals surface area contributed by atoms with Gasteiger partial charge in [-0.05, 0) is 31.0 Å². The number of rotatable bonds is 4. The number of nitrogens with one attached hydrogen (secondary N) is 2. The zero-order chi connectivity index (χ0) is 11.4. The van der Waals surface area contributed by atoms with E-state index >= 15 is 0 Å². The summed E-state index contributed by atoms with van der Waals surface area (Å²) in [5.74, 6) is 0. The molecule has 0 aliphatic heterocycles. The molecule has 0 aliphatic rings. The molecule has 0 saturated heterocycles. The first-order chi connectivity index (χ1) is 7.75. The van der Waals surface area contributed by atoms with Gasteiger partial charge in [0.15, 0.2) is 0 Å². The molecule has 2 rings (SSSR count). The second-order valence-corrected chi connectivity index (χ2v) is 4.23. The van der Waals surface area contributed by atoms with Crippen LogP contribution in [0.5, 0.6) is 0 Å². The smallest absolute Gasteiger partial charge is 0.0294 e. The fourth-order valence-corrected chi connectivity index (χ4v) is 1.71. The Kier molecular flexibility index (Phi) is 3.42. The Balaban J connectivity index is 1.93. The summed E-state index contributed by atoms with van der Waals surface area (Å²) in [6, 6.07) is 11.2. The van der Waals surface area contributed by atoms with Crippen molar-refractivity contribution in [2.45, 2.75) is 26.4 Å². The monoisotopic (exact) mass is 214 g/mol. The van der Waals surface area contributed by atoms with Gasteiger partial charge in [-0.1, -0.05) is 29.8 Å². The Morgan fingerprint density at radius 3 is 2.56 bits per heavy atom. The van der Waals surface area contributed by atoms with E-state index in [2.05, 4.69) is 54.5 Å². The molecule has 0 bridgehead atoms. The third kappa shape index (κ3) is 2.74. The number of hydrogen-bond acceptors (Lipinski definition) is 1. The van der Waals surface area contributed by atoms with Gasteiger partial charge in [-0.2, -0.15) is 0 Å². The van der Waals surface area contributed by atoms with Crippen LogP contribution in [-0.4, -0.2) is 4.98 Å². The molecule has 0 fully saturated rings. The minimum atomic E-state index is 0.385. The number of benzene rings is 1. The van der Waals surface area contributed by atoms with Gasteiger partial charge in [-0.3, -0.25) is 0 Å². The summed E-state index contributed by atoms with van der Waals surface area (Å²) in [4.78, 5) is 3.06. The highest BCUT2D eigenvalue weighted by molar-refractivity contribution is 5.23. The molecular weight excluding hydrogens is 196 g/mol. The normalized spacial score (nSPS) is 12.6. The summed E-state index contributed by atoms with van der Waals surface area (Å²) in [5, 5.41) is 3.50. The van der Waals surface area contributed by atoms with Crippen molar-refractivity contribution < 1.29 is 0 Å². The van der Waals surface area contributed by atoms with Crippen LogP contribution in [0.1, 0.15) is 29.7 Å². The molecule has 0 radical (unpaired) electrons. The zero-order valence-electron chi connectivity index (χ0n) is 9.83. The van der Waals surface area contributed by atoms with E-state index in [-0.39, 0.29) is 0 Å². The number of hydrogen-bond donors (Lipinski definition) is 2. The lowest BCUT2D eigenvalue weighted by Gasteiger charge is -2.13. The van der Waals surface area contributed by atoms with Crippen LogP contribution in [0.3, 0.4) is 0 Å². The minimum Gasteiger partial charge on any atom is -0.367 e. The predicted octanol–water partition coefficient (Wildman–Crippen LogP) is 3.17. The lowest BCUT2D eigenvalue weighted by atomic mass is 10.1. The van der Waals surface area contributed by atoms with Gasteiger partial charge in [0.25, 0.3) is 0 Å². The summed E-state index contributed by atoms with van der Waals surface area (Å²) >= 11 is 0. The van der Waals surface area contributed by atoms with Gasteiger partial charge in [-0.15, -0.1) is 0 Å². The number of aromatic amines is 1. The molecule has 16 heavy (non-hydrogen) atoms. The topological polar surface area (TPSA) is 27.8 Å². The van der Waals surface area contributed by atoms with E-state index in [0.29, 0.717) is 6.04 Å². The number of aryl methyl sites for hydroxylation is 1. The Labute approximate surface area is 96.7 Å². The quantitative estimate of drug-likeness (QED) is 0.803. The highest BCUT2D eigenvalue weighted by atomic mass is 14.9. The molecular formula is C14H18N2. The number of H-pyrrole nitrogens is 1. The second kappa shape index (κ2) is 4.99. The maximum Gasteiger partial charge on any atom is 0.0294 e. The van der Waals surface area contributed by atoms with Gasteiger partial charge < -0.3 is 10.3 Å². The van der Waals surface area contributed by atoms with Crippen molar-refractivity contribution in [3.8, 4) is 0 Å². The average molecular weight is 214 g/mol. The Bertz CT molecular complexity index is 415.